The van der Waals surface area contributed by atoms with Crippen LogP contribution in [0.4, 0.5) is 0 Å². The Kier molecular flexibility index (Phi) is 2.29. The van der Waals surface area contributed by atoms with E-state index < -0.39 is 0 Å². The SMILES string of the molecule is O=CC1CCC2=C(CCCC2)C1. The van der Waals surface area contributed by atoms with E-state index >= 15 is 0 Å². The molecular formula is C11H16O. The summed E-state index contributed by atoms with van der Waals surface area (Å²) in [7, 11) is 0. The third-order valence-electron chi connectivity index (χ3n) is 3.23. The van der Waals surface area contributed by atoms with Gasteiger partial charge in [-0.1, -0.05) is 11.1 Å². The van der Waals surface area contributed by atoms with Crippen LogP contribution in [-0.2, 0) is 4.79 Å². The summed E-state index contributed by atoms with van der Waals surface area (Å²) in [5, 5.41) is 0. The summed E-state index contributed by atoms with van der Waals surface area (Å²) in [6.45, 7) is 0. The van der Waals surface area contributed by atoms with Crippen LogP contribution in [0.3, 0.4) is 0 Å². The molecule has 0 aromatic heterocycles. The average Bonchev–Trinajstić information content (AvgIpc) is 2.17. The number of hydrogen-bond donors (Lipinski definition) is 0. The summed E-state index contributed by atoms with van der Waals surface area (Å²) >= 11 is 0. The maximum atomic E-state index is 10.6. The molecule has 1 unspecified atom stereocenters. The van der Waals surface area contributed by atoms with E-state index in [9.17, 15) is 4.79 Å². The fourth-order valence-electron chi connectivity index (χ4n) is 2.47. The van der Waals surface area contributed by atoms with Gasteiger partial charge in [0.2, 0.25) is 0 Å². The lowest BCUT2D eigenvalue weighted by Crippen LogP contribution is -2.14. The molecule has 0 aliphatic heterocycles. The molecule has 0 saturated carbocycles. The average molecular weight is 164 g/mol. The Morgan fingerprint density at radius 3 is 2.58 bits per heavy atom. The molecule has 1 atom stereocenters. The number of aldehydes is 1. The first-order valence-electron chi connectivity index (χ1n) is 5.05. The predicted octanol–water partition coefficient (Wildman–Crippen LogP) is 2.86. The van der Waals surface area contributed by atoms with E-state index in [1.807, 2.05) is 0 Å². The zero-order valence-corrected chi connectivity index (χ0v) is 7.51. The minimum absolute atomic E-state index is 0.349. The Labute approximate surface area is 73.8 Å². The summed E-state index contributed by atoms with van der Waals surface area (Å²) in [6, 6.07) is 0. The van der Waals surface area contributed by atoms with Gasteiger partial charge in [0.05, 0.1) is 0 Å². The van der Waals surface area contributed by atoms with Crippen LogP contribution < -0.4 is 0 Å². The van der Waals surface area contributed by atoms with Crippen molar-refractivity contribution in [2.24, 2.45) is 5.92 Å². The van der Waals surface area contributed by atoms with Crippen molar-refractivity contribution in [1.29, 1.82) is 0 Å². The van der Waals surface area contributed by atoms with Crippen molar-refractivity contribution in [3.8, 4) is 0 Å². The highest BCUT2D eigenvalue weighted by atomic mass is 16.1. The molecule has 0 aromatic rings. The minimum Gasteiger partial charge on any atom is -0.303 e. The van der Waals surface area contributed by atoms with E-state index in [1.54, 1.807) is 11.1 Å². The number of carbonyl (C=O) groups is 1. The molecule has 1 nitrogen and oxygen atoms in total. The molecule has 2 aliphatic rings. The van der Waals surface area contributed by atoms with Gasteiger partial charge >= 0.3 is 0 Å². The van der Waals surface area contributed by atoms with E-state index in [4.69, 9.17) is 0 Å². The molecule has 1 heteroatoms. The van der Waals surface area contributed by atoms with E-state index in [1.165, 1.54) is 32.1 Å². The smallest absolute Gasteiger partial charge is 0.123 e. The molecule has 0 heterocycles. The van der Waals surface area contributed by atoms with Crippen molar-refractivity contribution in [2.45, 2.75) is 44.9 Å². The van der Waals surface area contributed by atoms with Gasteiger partial charge in [-0.25, -0.2) is 0 Å². The maximum Gasteiger partial charge on any atom is 0.123 e. The first-order valence-corrected chi connectivity index (χ1v) is 5.05. The predicted molar refractivity (Wildman–Crippen MR) is 48.9 cm³/mol. The summed E-state index contributed by atoms with van der Waals surface area (Å²) < 4.78 is 0. The highest BCUT2D eigenvalue weighted by molar-refractivity contribution is 5.55. The lowest BCUT2D eigenvalue weighted by Gasteiger charge is -2.27. The van der Waals surface area contributed by atoms with Crippen LogP contribution in [0.5, 0.6) is 0 Å². The molecule has 66 valence electrons. The van der Waals surface area contributed by atoms with E-state index in [2.05, 4.69) is 0 Å². The Morgan fingerprint density at radius 1 is 1.08 bits per heavy atom. The monoisotopic (exact) mass is 164 g/mol. The normalized spacial score (nSPS) is 29.8. The summed E-state index contributed by atoms with van der Waals surface area (Å²) in [6.07, 6.45) is 9.88. The van der Waals surface area contributed by atoms with E-state index in [0.29, 0.717) is 5.92 Å². The molecule has 0 N–H and O–H groups in total. The number of hydrogen-bond acceptors (Lipinski definition) is 1. The molecule has 12 heavy (non-hydrogen) atoms. The van der Waals surface area contributed by atoms with Gasteiger partial charge in [-0.3, -0.25) is 0 Å². The highest BCUT2D eigenvalue weighted by Gasteiger charge is 2.21. The van der Waals surface area contributed by atoms with Crippen molar-refractivity contribution in [2.75, 3.05) is 0 Å². The van der Waals surface area contributed by atoms with Gasteiger partial charge in [-0.2, -0.15) is 0 Å². The molecule has 2 rings (SSSR count). The van der Waals surface area contributed by atoms with Gasteiger partial charge in [0.25, 0.3) is 0 Å². The second-order valence-corrected chi connectivity index (χ2v) is 4.05. The Bertz CT molecular complexity index is 215. The first kappa shape index (κ1) is 8.03. The molecule has 0 bridgehead atoms. The van der Waals surface area contributed by atoms with Crippen LogP contribution in [0.25, 0.3) is 0 Å². The van der Waals surface area contributed by atoms with Crippen molar-refractivity contribution in [1.82, 2.24) is 0 Å². The summed E-state index contributed by atoms with van der Waals surface area (Å²) in [5.41, 5.74) is 3.32. The van der Waals surface area contributed by atoms with E-state index in [0.717, 1.165) is 19.1 Å². The second kappa shape index (κ2) is 3.42. The molecule has 0 radical (unpaired) electrons. The van der Waals surface area contributed by atoms with Crippen molar-refractivity contribution < 1.29 is 4.79 Å². The van der Waals surface area contributed by atoms with Crippen LogP contribution in [0.2, 0.25) is 0 Å². The molecule has 0 spiro atoms. The Balaban J connectivity index is 2.10. The summed E-state index contributed by atoms with van der Waals surface area (Å²) in [4.78, 5) is 10.6. The number of allylic oxidation sites excluding steroid dienone is 2. The highest BCUT2D eigenvalue weighted by Crippen LogP contribution is 2.37. The van der Waals surface area contributed by atoms with Crippen LogP contribution in [0.15, 0.2) is 11.1 Å². The van der Waals surface area contributed by atoms with Crippen LogP contribution in [0.1, 0.15) is 44.9 Å². The van der Waals surface area contributed by atoms with Gasteiger partial charge < -0.3 is 4.79 Å². The zero-order chi connectivity index (χ0) is 8.39. The van der Waals surface area contributed by atoms with Crippen molar-refractivity contribution >= 4 is 6.29 Å². The van der Waals surface area contributed by atoms with Gasteiger partial charge in [-0.15, -0.1) is 0 Å². The molecule has 0 aromatic carbocycles. The largest absolute Gasteiger partial charge is 0.303 e. The van der Waals surface area contributed by atoms with Crippen LogP contribution in [0, 0.1) is 5.92 Å². The van der Waals surface area contributed by atoms with E-state index in [-0.39, 0.29) is 0 Å². The molecule has 2 aliphatic carbocycles. The molecular weight excluding hydrogens is 148 g/mol. The van der Waals surface area contributed by atoms with Crippen molar-refractivity contribution in [3.63, 3.8) is 0 Å². The van der Waals surface area contributed by atoms with Crippen LogP contribution >= 0.6 is 0 Å². The second-order valence-electron chi connectivity index (χ2n) is 4.05. The van der Waals surface area contributed by atoms with Crippen LogP contribution in [-0.4, -0.2) is 6.29 Å². The van der Waals surface area contributed by atoms with Gasteiger partial charge in [0, 0.05) is 5.92 Å². The standard InChI is InChI=1S/C11H16O/c12-8-9-5-6-10-3-1-2-4-11(10)7-9/h8-9H,1-7H2. The number of carbonyl (C=O) groups excluding carboxylic acids is 1. The molecule has 0 amide bonds. The first-order chi connectivity index (χ1) is 5.90. The lowest BCUT2D eigenvalue weighted by molar-refractivity contribution is -0.111. The van der Waals surface area contributed by atoms with Crippen molar-refractivity contribution in [3.05, 3.63) is 11.1 Å². The Morgan fingerprint density at radius 2 is 1.83 bits per heavy atom. The fourth-order valence-corrected chi connectivity index (χ4v) is 2.47. The third kappa shape index (κ3) is 1.45. The minimum atomic E-state index is 0.349. The van der Waals surface area contributed by atoms with Gasteiger partial charge in [0.1, 0.15) is 6.29 Å². The zero-order valence-electron chi connectivity index (χ0n) is 7.51. The van der Waals surface area contributed by atoms with Gasteiger partial charge in [0.15, 0.2) is 0 Å². The maximum absolute atomic E-state index is 10.6. The summed E-state index contributed by atoms with van der Waals surface area (Å²) in [5.74, 6) is 0.349. The molecule has 0 saturated heterocycles. The lowest BCUT2D eigenvalue weighted by atomic mass is 9.78. The fraction of sp³-hybridized carbons (Fsp3) is 0.727. The third-order valence-corrected chi connectivity index (χ3v) is 3.23. The quantitative estimate of drug-likeness (QED) is 0.430. The molecule has 0 fully saturated rings. The topological polar surface area (TPSA) is 17.1 Å². The van der Waals surface area contributed by atoms with Gasteiger partial charge in [-0.05, 0) is 44.9 Å². The Hall–Kier alpha value is -0.590. The number of rotatable bonds is 1.